The molecular weight excluding hydrogens is 548 g/mol. The third-order valence-electron chi connectivity index (χ3n) is 9.35. The second kappa shape index (κ2) is 9.22. The van der Waals surface area contributed by atoms with Crippen molar-refractivity contribution in [2.24, 2.45) is 0 Å². The summed E-state index contributed by atoms with van der Waals surface area (Å²) in [7, 11) is 0. The van der Waals surface area contributed by atoms with Crippen LogP contribution in [0.1, 0.15) is 0 Å². The first kappa shape index (κ1) is 24.4. The van der Waals surface area contributed by atoms with Crippen LogP contribution in [0, 0.1) is 0 Å². The fourth-order valence-corrected chi connectivity index (χ4v) is 7.33. The molecule has 0 atom stereocenters. The van der Waals surface area contributed by atoms with Gasteiger partial charge in [0.25, 0.3) is 0 Å². The Kier molecular flexibility index (Phi) is 5.00. The van der Waals surface area contributed by atoms with E-state index in [9.17, 15) is 0 Å². The molecule has 3 nitrogen and oxygen atoms in total. The Hall–Kier alpha value is -6.06. The summed E-state index contributed by atoms with van der Waals surface area (Å²) in [5.74, 6) is 0.870. The number of hydrogen-bond donors (Lipinski definition) is 0. The quantitative estimate of drug-likeness (QED) is 0.198. The number of nitrogens with zero attached hydrogens (tertiary/aromatic N) is 2. The van der Waals surface area contributed by atoms with Gasteiger partial charge in [-0.1, -0.05) is 91.0 Å². The average Bonchev–Trinajstić information content (AvgIpc) is 3.54. The van der Waals surface area contributed by atoms with Crippen molar-refractivity contribution in [3.63, 3.8) is 0 Å². The Morgan fingerprint density at radius 1 is 0.378 bits per heavy atom. The van der Waals surface area contributed by atoms with E-state index in [1.54, 1.807) is 0 Å². The largest absolute Gasteiger partial charge is 0.456 e. The maximum absolute atomic E-state index is 6.54. The molecule has 3 aromatic heterocycles. The van der Waals surface area contributed by atoms with Crippen LogP contribution < -0.4 is 0 Å². The van der Waals surface area contributed by atoms with Crippen LogP contribution in [0.3, 0.4) is 0 Å². The Morgan fingerprint density at radius 3 is 1.71 bits per heavy atom. The standard InChI is InChI=1S/C42H24N2O/c1-6-12-39-26(7-1)23-40(45-39)36-24-35(29-20-22-44-38-11-5-3-9-31(29)38)33-18-17-32-27(15-13-25-14-16-34(36)42(33)41(25)32)28-19-21-43-37-10-4-2-8-30(28)37/h1-24H. The topological polar surface area (TPSA) is 38.9 Å². The number of rotatable bonds is 3. The first-order valence-electron chi connectivity index (χ1n) is 15.2. The van der Waals surface area contributed by atoms with Crippen LogP contribution in [0.4, 0.5) is 0 Å². The van der Waals surface area contributed by atoms with E-state index in [0.29, 0.717) is 0 Å². The van der Waals surface area contributed by atoms with Crippen molar-refractivity contribution in [2.45, 2.75) is 0 Å². The first-order chi connectivity index (χ1) is 22.3. The van der Waals surface area contributed by atoms with E-state index in [1.807, 2.05) is 36.7 Å². The zero-order chi connectivity index (χ0) is 29.5. The second-order valence-corrected chi connectivity index (χ2v) is 11.7. The molecule has 0 unspecified atom stereocenters. The molecule has 0 saturated carbocycles. The summed E-state index contributed by atoms with van der Waals surface area (Å²) >= 11 is 0. The van der Waals surface area contributed by atoms with Crippen molar-refractivity contribution >= 4 is 65.1 Å². The molecule has 0 aliphatic heterocycles. The van der Waals surface area contributed by atoms with Gasteiger partial charge in [-0.05, 0) is 97.0 Å². The molecule has 0 aliphatic rings. The molecule has 0 fully saturated rings. The lowest BCUT2D eigenvalue weighted by atomic mass is 9.84. The van der Waals surface area contributed by atoms with Gasteiger partial charge in [0.05, 0.1) is 11.0 Å². The van der Waals surface area contributed by atoms with Gasteiger partial charge in [0.2, 0.25) is 0 Å². The van der Waals surface area contributed by atoms with Crippen molar-refractivity contribution in [3.8, 4) is 33.6 Å². The highest BCUT2D eigenvalue weighted by molar-refractivity contribution is 6.30. The van der Waals surface area contributed by atoms with Crippen LogP contribution in [0.25, 0.3) is 98.7 Å². The molecular formula is C42H24N2O. The van der Waals surface area contributed by atoms with Crippen molar-refractivity contribution in [2.75, 3.05) is 0 Å². The Morgan fingerprint density at radius 2 is 0.956 bits per heavy atom. The van der Waals surface area contributed by atoms with E-state index in [2.05, 4.69) is 119 Å². The zero-order valence-corrected chi connectivity index (χ0v) is 24.2. The first-order valence-corrected chi connectivity index (χ1v) is 15.2. The smallest absolute Gasteiger partial charge is 0.136 e. The normalized spacial score (nSPS) is 12.0. The van der Waals surface area contributed by atoms with Gasteiger partial charge < -0.3 is 4.42 Å². The second-order valence-electron chi connectivity index (χ2n) is 11.7. The summed E-state index contributed by atoms with van der Waals surface area (Å²) < 4.78 is 6.54. The summed E-state index contributed by atoms with van der Waals surface area (Å²) in [6, 6.07) is 47.5. The van der Waals surface area contributed by atoms with Crippen LogP contribution in [-0.2, 0) is 0 Å². The third-order valence-corrected chi connectivity index (χ3v) is 9.35. The molecule has 208 valence electrons. The van der Waals surface area contributed by atoms with E-state index in [1.165, 1.54) is 49.0 Å². The number of aromatic nitrogens is 2. The molecule has 0 N–H and O–H groups in total. The minimum atomic E-state index is 0.870. The van der Waals surface area contributed by atoms with Gasteiger partial charge in [-0.3, -0.25) is 9.97 Å². The van der Waals surface area contributed by atoms with Crippen molar-refractivity contribution in [3.05, 3.63) is 146 Å². The summed E-state index contributed by atoms with van der Waals surface area (Å²) in [4.78, 5) is 9.33. The van der Waals surface area contributed by atoms with Crippen LogP contribution in [0.15, 0.2) is 150 Å². The van der Waals surface area contributed by atoms with Crippen molar-refractivity contribution in [1.82, 2.24) is 9.97 Å². The van der Waals surface area contributed by atoms with Crippen molar-refractivity contribution < 1.29 is 4.42 Å². The third kappa shape index (κ3) is 3.52. The van der Waals surface area contributed by atoms with E-state index in [4.69, 9.17) is 4.42 Å². The SMILES string of the molecule is c1ccc2oc(-c3cc(-c4ccnc5ccccc45)c4ccc5c(-c6ccnc7ccccc67)ccc6ccc3c4c65)cc2c1. The highest BCUT2D eigenvalue weighted by Gasteiger charge is 2.21. The predicted molar refractivity (Wildman–Crippen MR) is 187 cm³/mol. The number of pyridine rings is 2. The number of furan rings is 1. The van der Waals surface area contributed by atoms with Gasteiger partial charge in [0.1, 0.15) is 11.3 Å². The minimum Gasteiger partial charge on any atom is -0.456 e. The van der Waals surface area contributed by atoms with Crippen LogP contribution in [-0.4, -0.2) is 9.97 Å². The van der Waals surface area contributed by atoms with E-state index in [-0.39, 0.29) is 0 Å². The van der Waals surface area contributed by atoms with Crippen LogP contribution in [0.2, 0.25) is 0 Å². The molecule has 0 bridgehead atoms. The number of fused-ring (bicyclic) bond motifs is 3. The Balaban J connectivity index is 1.37. The van der Waals surface area contributed by atoms with Gasteiger partial charge in [-0.2, -0.15) is 0 Å². The Bertz CT molecular complexity index is 2730. The van der Waals surface area contributed by atoms with E-state index >= 15 is 0 Å². The maximum Gasteiger partial charge on any atom is 0.136 e. The lowest BCUT2D eigenvalue weighted by Gasteiger charge is -2.19. The molecule has 0 amide bonds. The van der Waals surface area contributed by atoms with Gasteiger partial charge in [-0.25, -0.2) is 0 Å². The minimum absolute atomic E-state index is 0.870. The molecule has 0 spiro atoms. The zero-order valence-electron chi connectivity index (χ0n) is 24.2. The summed E-state index contributed by atoms with van der Waals surface area (Å²) in [6.45, 7) is 0. The highest BCUT2D eigenvalue weighted by atomic mass is 16.3. The molecule has 0 saturated heterocycles. The molecule has 45 heavy (non-hydrogen) atoms. The molecule has 10 aromatic rings. The fraction of sp³-hybridized carbons (Fsp3) is 0. The maximum atomic E-state index is 6.54. The Labute approximate surface area is 258 Å². The fourth-order valence-electron chi connectivity index (χ4n) is 7.33. The lowest BCUT2D eigenvalue weighted by molar-refractivity contribution is 0.632. The molecule has 3 heterocycles. The van der Waals surface area contributed by atoms with Gasteiger partial charge in [0, 0.05) is 34.1 Å². The van der Waals surface area contributed by atoms with Gasteiger partial charge in [-0.15, -0.1) is 0 Å². The number of hydrogen-bond acceptors (Lipinski definition) is 3. The summed E-state index contributed by atoms with van der Waals surface area (Å²) in [5.41, 5.74) is 8.70. The van der Waals surface area contributed by atoms with Crippen molar-refractivity contribution in [1.29, 1.82) is 0 Å². The van der Waals surface area contributed by atoms with Crippen LogP contribution >= 0.6 is 0 Å². The predicted octanol–water partition coefficient (Wildman–Crippen LogP) is 11.4. The molecule has 10 rings (SSSR count). The van der Waals surface area contributed by atoms with Gasteiger partial charge in [0.15, 0.2) is 0 Å². The summed E-state index contributed by atoms with van der Waals surface area (Å²) in [5, 5.41) is 10.8. The van der Waals surface area contributed by atoms with Crippen LogP contribution in [0.5, 0.6) is 0 Å². The molecule has 7 aromatic carbocycles. The molecule has 0 radical (unpaired) electrons. The highest BCUT2D eigenvalue weighted by Crippen LogP contribution is 2.47. The number of benzene rings is 7. The molecule has 0 aliphatic carbocycles. The summed E-state index contributed by atoms with van der Waals surface area (Å²) in [6.07, 6.45) is 3.84. The monoisotopic (exact) mass is 572 g/mol. The average molecular weight is 573 g/mol. The lowest BCUT2D eigenvalue weighted by Crippen LogP contribution is -1.93. The van der Waals surface area contributed by atoms with E-state index < -0.39 is 0 Å². The number of para-hydroxylation sites is 3. The molecule has 3 heteroatoms. The van der Waals surface area contributed by atoms with Gasteiger partial charge >= 0.3 is 0 Å². The van der Waals surface area contributed by atoms with E-state index in [0.717, 1.165) is 49.7 Å².